The molecule has 1 aromatic heterocycles. The zero-order valence-corrected chi connectivity index (χ0v) is 16.7. The van der Waals surface area contributed by atoms with Gasteiger partial charge in [-0.15, -0.1) is 0 Å². The molecular formula is C22H17BrN2O3. The third-order valence-corrected chi connectivity index (χ3v) is 5.08. The van der Waals surface area contributed by atoms with Crippen molar-refractivity contribution in [2.75, 3.05) is 11.9 Å². The molecule has 28 heavy (non-hydrogen) atoms. The fraction of sp³-hybridized carbons (Fsp3) is 0.0909. The van der Waals surface area contributed by atoms with Crippen LogP contribution in [0, 0.1) is 6.92 Å². The Hall–Kier alpha value is -3.12. The number of carbonyl (C=O) groups excluding carboxylic acids is 1. The Morgan fingerprint density at radius 3 is 2.71 bits per heavy atom. The van der Waals surface area contributed by atoms with E-state index in [0.717, 1.165) is 15.6 Å². The Morgan fingerprint density at radius 2 is 1.93 bits per heavy atom. The second-order valence-electron chi connectivity index (χ2n) is 6.32. The molecule has 6 heteroatoms. The number of para-hydroxylation sites is 1. The number of anilines is 1. The van der Waals surface area contributed by atoms with Crippen molar-refractivity contribution in [2.45, 2.75) is 6.92 Å². The molecule has 0 atom stereocenters. The van der Waals surface area contributed by atoms with E-state index in [0.29, 0.717) is 28.4 Å². The highest BCUT2D eigenvalue weighted by molar-refractivity contribution is 9.10. The number of hydrogen-bond acceptors (Lipinski definition) is 4. The maximum absolute atomic E-state index is 12.1. The highest BCUT2D eigenvalue weighted by Gasteiger charge is 2.11. The number of fused-ring (bicyclic) bond motifs is 1. The molecule has 4 aromatic rings. The molecule has 5 nitrogen and oxygen atoms in total. The van der Waals surface area contributed by atoms with Crippen molar-refractivity contribution in [3.63, 3.8) is 0 Å². The van der Waals surface area contributed by atoms with Crippen LogP contribution in [0.2, 0.25) is 0 Å². The van der Waals surface area contributed by atoms with Crippen LogP contribution in [0.5, 0.6) is 5.75 Å². The minimum atomic E-state index is -0.240. The summed E-state index contributed by atoms with van der Waals surface area (Å²) in [6.07, 6.45) is 0. The van der Waals surface area contributed by atoms with Crippen molar-refractivity contribution in [3.8, 4) is 17.2 Å². The SMILES string of the molecule is Cc1cc(-c2nc3cc(NC(=O)COc4ccccc4)ccc3o2)ccc1Br. The lowest BCUT2D eigenvalue weighted by Crippen LogP contribution is -2.20. The van der Waals surface area contributed by atoms with Crippen LogP contribution in [0.4, 0.5) is 5.69 Å². The lowest BCUT2D eigenvalue weighted by atomic mass is 10.1. The van der Waals surface area contributed by atoms with Crippen LogP contribution in [0.15, 0.2) is 75.6 Å². The van der Waals surface area contributed by atoms with Gasteiger partial charge in [0.2, 0.25) is 5.89 Å². The van der Waals surface area contributed by atoms with Crippen LogP contribution in [0.25, 0.3) is 22.6 Å². The van der Waals surface area contributed by atoms with Crippen molar-refractivity contribution in [2.24, 2.45) is 0 Å². The summed E-state index contributed by atoms with van der Waals surface area (Å²) in [5, 5.41) is 2.82. The quantitative estimate of drug-likeness (QED) is 0.443. The van der Waals surface area contributed by atoms with Gasteiger partial charge in [0, 0.05) is 15.7 Å². The van der Waals surface area contributed by atoms with Gasteiger partial charge in [-0.2, -0.15) is 0 Å². The van der Waals surface area contributed by atoms with Gasteiger partial charge in [0.1, 0.15) is 11.3 Å². The fourth-order valence-corrected chi connectivity index (χ4v) is 3.02. The van der Waals surface area contributed by atoms with Crippen LogP contribution in [-0.4, -0.2) is 17.5 Å². The fourth-order valence-electron chi connectivity index (χ4n) is 2.77. The molecule has 0 unspecified atom stereocenters. The number of aryl methyl sites for hydroxylation is 1. The first-order chi connectivity index (χ1) is 13.6. The molecule has 0 saturated carbocycles. The van der Waals surface area contributed by atoms with Crippen molar-refractivity contribution < 1.29 is 13.9 Å². The number of carbonyl (C=O) groups is 1. The van der Waals surface area contributed by atoms with E-state index in [1.165, 1.54) is 0 Å². The number of nitrogens with one attached hydrogen (secondary N) is 1. The third kappa shape index (κ3) is 4.07. The van der Waals surface area contributed by atoms with Gasteiger partial charge in [-0.05, 0) is 61.0 Å². The Kier molecular flexibility index (Phi) is 5.12. The molecule has 0 aliphatic heterocycles. The smallest absolute Gasteiger partial charge is 0.262 e. The highest BCUT2D eigenvalue weighted by atomic mass is 79.9. The summed E-state index contributed by atoms with van der Waals surface area (Å²) in [4.78, 5) is 16.7. The molecule has 1 N–H and O–H groups in total. The molecule has 3 aromatic carbocycles. The first-order valence-electron chi connectivity index (χ1n) is 8.73. The number of amides is 1. The van der Waals surface area contributed by atoms with E-state index >= 15 is 0 Å². The third-order valence-electron chi connectivity index (χ3n) is 4.19. The van der Waals surface area contributed by atoms with E-state index in [4.69, 9.17) is 9.15 Å². The number of oxazole rings is 1. The number of benzene rings is 3. The first-order valence-corrected chi connectivity index (χ1v) is 9.52. The van der Waals surface area contributed by atoms with Crippen molar-refractivity contribution in [1.29, 1.82) is 0 Å². The van der Waals surface area contributed by atoms with Crippen LogP contribution >= 0.6 is 15.9 Å². The van der Waals surface area contributed by atoms with Crippen LogP contribution in [-0.2, 0) is 4.79 Å². The van der Waals surface area contributed by atoms with E-state index in [1.54, 1.807) is 30.3 Å². The maximum atomic E-state index is 12.1. The standard InChI is InChI=1S/C22H17BrN2O3/c1-14-11-15(7-9-18(14)23)22-25-19-12-16(8-10-20(19)28-22)24-21(26)13-27-17-5-3-2-4-6-17/h2-12H,13H2,1H3,(H,24,26). The summed E-state index contributed by atoms with van der Waals surface area (Å²) >= 11 is 3.50. The minimum Gasteiger partial charge on any atom is -0.484 e. The second-order valence-corrected chi connectivity index (χ2v) is 7.17. The topological polar surface area (TPSA) is 64.4 Å². The number of halogens is 1. The molecule has 1 heterocycles. The van der Waals surface area contributed by atoms with Crippen molar-refractivity contribution >= 4 is 38.6 Å². The number of aromatic nitrogens is 1. The van der Waals surface area contributed by atoms with Crippen LogP contribution in [0.1, 0.15) is 5.56 Å². The second kappa shape index (κ2) is 7.86. The summed E-state index contributed by atoms with van der Waals surface area (Å²) in [7, 11) is 0. The van der Waals surface area contributed by atoms with Gasteiger partial charge < -0.3 is 14.5 Å². The van der Waals surface area contributed by atoms with E-state index in [9.17, 15) is 4.79 Å². The van der Waals surface area contributed by atoms with Gasteiger partial charge in [0.25, 0.3) is 5.91 Å². The Labute approximate surface area is 170 Å². The van der Waals surface area contributed by atoms with E-state index in [1.807, 2.05) is 43.3 Å². The molecule has 0 saturated heterocycles. The van der Waals surface area contributed by atoms with Crippen LogP contribution < -0.4 is 10.1 Å². The van der Waals surface area contributed by atoms with Crippen LogP contribution in [0.3, 0.4) is 0 Å². The summed E-state index contributed by atoms with van der Waals surface area (Å²) in [5.74, 6) is 0.955. The summed E-state index contributed by atoms with van der Waals surface area (Å²) < 4.78 is 12.3. The van der Waals surface area contributed by atoms with E-state index < -0.39 is 0 Å². The Bertz CT molecular complexity index is 1140. The summed E-state index contributed by atoms with van der Waals surface area (Å²) in [6.45, 7) is 1.95. The minimum absolute atomic E-state index is 0.0652. The van der Waals surface area contributed by atoms with Gasteiger partial charge in [0.15, 0.2) is 12.2 Å². The number of ether oxygens (including phenoxy) is 1. The zero-order valence-electron chi connectivity index (χ0n) is 15.1. The molecule has 4 rings (SSSR count). The molecule has 0 bridgehead atoms. The zero-order chi connectivity index (χ0) is 19.5. The van der Waals surface area contributed by atoms with Gasteiger partial charge in [-0.25, -0.2) is 4.98 Å². The largest absolute Gasteiger partial charge is 0.484 e. The molecule has 0 aliphatic rings. The molecule has 0 aliphatic carbocycles. The Morgan fingerprint density at radius 1 is 1.11 bits per heavy atom. The molecule has 1 amide bonds. The maximum Gasteiger partial charge on any atom is 0.262 e. The van der Waals surface area contributed by atoms with E-state index in [2.05, 4.69) is 26.2 Å². The number of hydrogen-bond donors (Lipinski definition) is 1. The number of nitrogens with zero attached hydrogens (tertiary/aromatic N) is 1. The monoisotopic (exact) mass is 436 g/mol. The number of rotatable bonds is 5. The van der Waals surface area contributed by atoms with Gasteiger partial charge >= 0.3 is 0 Å². The van der Waals surface area contributed by atoms with Gasteiger partial charge in [0.05, 0.1) is 0 Å². The molecular weight excluding hydrogens is 420 g/mol. The molecule has 0 fully saturated rings. The normalized spacial score (nSPS) is 10.8. The van der Waals surface area contributed by atoms with Crippen molar-refractivity contribution in [1.82, 2.24) is 4.98 Å². The lowest BCUT2D eigenvalue weighted by Gasteiger charge is -2.07. The predicted octanol–water partition coefficient (Wildman–Crippen LogP) is 5.58. The summed E-state index contributed by atoms with van der Waals surface area (Å²) in [5.41, 5.74) is 3.98. The molecule has 140 valence electrons. The summed E-state index contributed by atoms with van der Waals surface area (Å²) in [6, 6.07) is 20.5. The van der Waals surface area contributed by atoms with E-state index in [-0.39, 0.29) is 12.5 Å². The lowest BCUT2D eigenvalue weighted by molar-refractivity contribution is -0.118. The first kappa shape index (κ1) is 18.3. The van der Waals surface area contributed by atoms with Crippen molar-refractivity contribution in [3.05, 3.63) is 76.8 Å². The van der Waals surface area contributed by atoms with Gasteiger partial charge in [-0.1, -0.05) is 34.1 Å². The predicted molar refractivity (Wildman–Crippen MR) is 112 cm³/mol. The Balaban J connectivity index is 1.48. The highest BCUT2D eigenvalue weighted by Crippen LogP contribution is 2.28. The average molecular weight is 437 g/mol. The average Bonchev–Trinajstić information content (AvgIpc) is 3.13. The molecule has 0 spiro atoms. The van der Waals surface area contributed by atoms with Gasteiger partial charge in [-0.3, -0.25) is 4.79 Å². The molecule has 0 radical (unpaired) electrons.